The molecule has 1 amide bonds. The first kappa shape index (κ1) is 21.7. The Bertz CT molecular complexity index is 1170. The van der Waals surface area contributed by atoms with E-state index in [0.29, 0.717) is 5.69 Å². The zero-order valence-electron chi connectivity index (χ0n) is 16.1. The van der Waals surface area contributed by atoms with Gasteiger partial charge >= 0.3 is 5.97 Å². The average Bonchev–Trinajstić information content (AvgIpc) is 3.16. The number of aromatic carboxylic acids is 1. The molecule has 0 aliphatic rings. The molecule has 1 heterocycles. The van der Waals surface area contributed by atoms with E-state index in [1.807, 2.05) is 0 Å². The number of rotatable bonds is 5. The maximum atomic E-state index is 14.4. The largest absolute Gasteiger partial charge is 0.478 e. The van der Waals surface area contributed by atoms with Gasteiger partial charge in [-0.25, -0.2) is 13.6 Å². The summed E-state index contributed by atoms with van der Waals surface area (Å²) >= 11 is 0.843. The molecule has 3 rings (SSSR count). The molecule has 2 aromatic carbocycles. The van der Waals surface area contributed by atoms with Crippen molar-refractivity contribution in [3.63, 3.8) is 0 Å². The van der Waals surface area contributed by atoms with Gasteiger partial charge in [-0.15, -0.1) is 11.3 Å². The molecule has 0 radical (unpaired) electrons. The number of aryl methyl sites for hydroxylation is 1. The Morgan fingerprint density at radius 3 is 2.42 bits per heavy atom. The number of hydrogen-bond acceptors (Lipinski definition) is 6. The summed E-state index contributed by atoms with van der Waals surface area (Å²) in [7, 11) is 0. The Hall–Kier alpha value is -3.99. The van der Waals surface area contributed by atoms with Crippen LogP contribution in [0.4, 0.5) is 19.5 Å². The monoisotopic (exact) mass is 445 g/mol. The molecular weight excluding hydrogens is 428 g/mol. The third-order valence-electron chi connectivity index (χ3n) is 4.24. The first-order valence-electron chi connectivity index (χ1n) is 8.79. The molecule has 11 heteroatoms. The number of anilines is 2. The number of hydrogen-bond donors (Lipinski definition) is 5. The number of amides is 1. The molecule has 0 atom stereocenters. The minimum atomic E-state index is -1.42. The van der Waals surface area contributed by atoms with Crippen LogP contribution < -0.4 is 22.0 Å². The van der Waals surface area contributed by atoms with Crippen molar-refractivity contribution in [1.29, 1.82) is 0 Å². The number of nitrogens with two attached hydrogens (primary N) is 1. The van der Waals surface area contributed by atoms with E-state index in [2.05, 4.69) is 21.3 Å². The van der Waals surface area contributed by atoms with Gasteiger partial charge in [0.1, 0.15) is 10.6 Å². The number of benzene rings is 2. The second kappa shape index (κ2) is 9.22. The summed E-state index contributed by atoms with van der Waals surface area (Å²) in [5, 5.41) is 16.6. The fourth-order valence-electron chi connectivity index (χ4n) is 2.68. The average molecular weight is 445 g/mol. The third-order valence-corrected chi connectivity index (χ3v) is 5.14. The fourth-order valence-corrected chi connectivity index (χ4v) is 3.62. The van der Waals surface area contributed by atoms with E-state index in [0.717, 1.165) is 11.3 Å². The van der Waals surface area contributed by atoms with Crippen LogP contribution in [0, 0.1) is 18.6 Å². The number of nitrogens with one attached hydrogen (secondary N) is 3. The number of carboxylic acids is 1. The van der Waals surface area contributed by atoms with Crippen molar-refractivity contribution in [2.45, 2.75) is 6.92 Å². The van der Waals surface area contributed by atoms with Gasteiger partial charge in [-0.05, 0) is 24.6 Å². The van der Waals surface area contributed by atoms with E-state index in [-0.39, 0.29) is 33.1 Å². The van der Waals surface area contributed by atoms with Gasteiger partial charge in [0, 0.05) is 16.5 Å². The minimum Gasteiger partial charge on any atom is -0.478 e. The maximum Gasteiger partial charge on any atom is 0.339 e. The van der Waals surface area contributed by atoms with Crippen LogP contribution in [-0.2, 0) is 4.79 Å². The summed E-state index contributed by atoms with van der Waals surface area (Å²) in [5.74, 6) is 0.427. The fraction of sp³-hybridized carbons (Fsp3) is 0.0500. The summed E-state index contributed by atoms with van der Waals surface area (Å²) in [6, 6.07) is 11.4. The summed E-state index contributed by atoms with van der Waals surface area (Å²) < 4.78 is 28.4. The molecule has 0 spiro atoms. The Morgan fingerprint density at radius 2 is 1.77 bits per heavy atom. The second-order valence-corrected chi connectivity index (χ2v) is 7.14. The van der Waals surface area contributed by atoms with E-state index in [1.165, 1.54) is 24.4 Å². The van der Waals surface area contributed by atoms with Crippen molar-refractivity contribution in [3.05, 3.63) is 70.6 Å². The lowest BCUT2D eigenvalue weighted by atomic mass is 10.0. The summed E-state index contributed by atoms with van der Waals surface area (Å²) in [4.78, 5) is 24.3. The molecule has 8 nitrogen and oxygen atoms in total. The first-order chi connectivity index (χ1) is 14.8. The lowest BCUT2D eigenvalue weighted by Crippen LogP contribution is -2.40. The number of nitrogens with zero attached hydrogens (tertiary/aromatic N) is 1. The van der Waals surface area contributed by atoms with Crippen LogP contribution >= 0.6 is 11.3 Å². The molecule has 31 heavy (non-hydrogen) atoms. The van der Waals surface area contributed by atoms with Crippen LogP contribution in [0.15, 0.2) is 52.9 Å². The molecule has 3 aromatic rings. The summed E-state index contributed by atoms with van der Waals surface area (Å²) in [6.45, 7) is 1.39. The van der Waals surface area contributed by atoms with Crippen LogP contribution in [0.3, 0.4) is 0 Å². The number of amidine groups is 1. The summed E-state index contributed by atoms with van der Waals surface area (Å²) in [5.41, 5.74) is 5.29. The van der Waals surface area contributed by atoms with Gasteiger partial charge in [-0.2, -0.15) is 5.10 Å². The van der Waals surface area contributed by atoms with Crippen molar-refractivity contribution in [2.24, 2.45) is 10.9 Å². The molecule has 0 aliphatic heterocycles. The molecule has 0 saturated carbocycles. The van der Waals surface area contributed by atoms with E-state index in [1.54, 1.807) is 30.3 Å². The predicted molar refractivity (Wildman–Crippen MR) is 115 cm³/mol. The van der Waals surface area contributed by atoms with Gasteiger partial charge < -0.3 is 16.3 Å². The molecule has 1 aromatic heterocycles. The normalized spacial score (nSPS) is 11.1. The number of halogens is 2. The molecular formula is C20H17F2N5O3S. The lowest BCUT2D eigenvalue weighted by molar-refractivity contribution is -0.110. The number of hydrazine groups is 1. The molecule has 0 saturated heterocycles. The highest BCUT2D eigenvalue weighted by atomic mass is 32.1. The highest BCUT2D eigenvalue weighted by Crippen LogP contribution is 2.37. The zero-order chi connectivity index (χ0) is 22.5. The number of carboxylic acid groups (broad SMARTS) is 1. The van der Waals surface area contributed by atoms with Gasteiger partial charge in [-0.3, -0.25) is 15.6 Å². The van der Waals surface area contributed by atoms with Crippen molar-refractivity contribution in [3.8, 4) is 11.1 Å². The Morgan fingerprint density at radius 1 is 1.06 bits per heavy atom. The standard InChI is InChI=1S/C20H17F2N5O3S/c1-10-7-8-12(16(22)15(10)21)13-9-31-19(14(13)20(29)30)24-18(28)17(25-23)27-26-11-5-3-2-4-6-11/h2-9,26H,23H2,1H3,(H,24,28)(H,25,27)(H,29,30). The second-order valence-electron chi connectivity index (χ2n) is 6.26. The molecule has 6 N–H and O–H groups in total. The van der Waals surface area contributed by atoms with Crippen LogP contribution in [0.5, 0.6) is 0 Å². The smallest absolute Gasteiger partial charge is 0.339 e. The number of carbonyl (C=O) groups is 2. The van der Waals surface area contributed by atoms with Crippen molar-refractivity contribution in [2.75, 3.05) is 10.7 Å². The predicted octanol–water partition coefficient (Wildman–Crippen LogP) is 3.53. The first-order valence-corrected chi connectivity index (χ1v) is 9.67. The number of thiophene rings is 1. The van der Waals surface area contributed by atoms with Gasteiger partial charge in [0.05, 0.1) is 5.69 Å². The lowest BCUT2D eigenvalue weighted by Gasteiger charge is -2.11. The molecule has 0 fully saturated rings. The Kier molecular flexibility index (Phi) is 6.46. The van der Waals surface area contributed by atoms with Crippen LogP contribution in [-0.4, -0.2) is 22.8 Å². The van der Waals surface area contributed by atoms with Gasteiger partial charge in [0.25, 0.3) is 5.91 Å². The van der Waals surface area contributed by atoms with E-state index >= 15 is 0 Å². The van der Waals surface area contributed by atoms with E-state index < -0.39 is 23.5 Å². The topological polar surface area (TPSA) is 129 Å². The van der Waals surface area contributed by atoms with Crippen LogP contribution in [0.25, 0.3) is 11.1 Å². The minimum absolute atomic E-state index is 0.0641. The Labute approximate surface area is 179 Å². The number of hydrazone groups is 1. The molecule has 0 bridgehead atoms. The van der Waals surface area contributed by atoms with E-state index in [4.69, 9.17) is 5.84 Å². The molecule has 0 aliphatic carbocycles. The number of para-hydroxylation sites is 1. The highest BCUT2D eigenvalue weighted by Gasteiger charge is 2.25. The molecule has 0 unspecified atom stereocenters. The van der Waals surface area contributed by atoms with Gasteiger partial charge in [0.15, 0.2) is 11.6 Å². The van der Waals surface area contributed by atoms with Crippen molar-refractivity contribution < 1.29 is 23.5 Å². The van der Waals surface area contributed by atoms with Crippen molar-refractivity contribution >= 4 is 39.7 Å². The SMILES string of the molecule is Cc1ccc(-c2csc(NC(=O)/C(=N\N)NNc3ccccc3)c2C(=O)O)c(F)c1F. The van der Waals surface area contributed by atoms with E-state index in [9.17, 15) is 23.5 Å². The van der Waals surface area contributed by atoms with Crippen molar-refractivity contribution in [1.82, 2.24) is 5.43 Å². The quantitative estimate of drug-likeness (QED) is 0.177. The van der Waals surface area contributed by atoms with Crippen LogP contribution in [0.1, 0.15) is 15.9 Å². The highest BCUT2D eigenvalue weighted by molar-refractivity contribution is 7.15. The Balaban J connectivity index is 1.85. The van der Waals surface area contributed by atoms with Gasteiger partial charge in [0.2, 0.25) is 5.84 Å². The van der Waals surface area contributed by atoms with Gasteiger partial charge in [-0.1, -0.05) is 30.3 Å². The van der Waals surface area contributed by atoms with Crippen LogP contribution in [0.2, 0.25) is 0 Å². The third kappa shape index (κ3) is 4.61. The maximum absolute atomic E-state index is 14.4. The zero-order valence-corrected chi connectivity index (χ0v) is 16.9. The summed E-state index contributed by atoms with van der Waals surface area (Å²) in [6.07, 6.45) is 0. The molecule has 160 valence electrons. The number of carbonyl (C=O) groups excluding carboxylic acids is 1.